The summed E-state index contributed by atoms with van der Waals surface area (Å²) in [4.78, 5) is 30.3. The Morgan fingerprint density at radius 2 is 1.81 bits per heavy atom. The fraction of sp³-hybridized carbons (Fsp3) is 0.240. The lowest BCUT2D eigenvalue weighted by atomic mass is 10.1. The molecule has 1 fully saturated rings. The number of primary amides is 1. The Balaban J connectivity index is 1.42. The number of likely N-dealkylation sites (tertiary alicyclic amines) is 1. The second-order valence-electron chi connectivity index (χ2n) is 7.69. The van der Waals surface area contributed by atoms with Gasteiger partial charge in [-0.3, -0.25) is 19.5 Å². The minimum absolute atomic E-state index is 0.0600. The van der Waals surface area contributed by atoms with Crippen molar-refractivity contribution in [1.29, 1.82) is 0 Å². The van der Waals surface area contributed by atoms with E-state index in [1.807, 2.05) is 12.1 Å². The van der Waals surface area contributed by atoms with Gasteiger partial charge in [0.1, 0.15) is 12.3 Å². The van der Waals surface area contributed by atoms with E-state index in [1.165, 1.54) is 42.9 Å². The van der Waals surface area contributed by atoms with Gasteiger partial charge in [0.15, 0.2) is 0 Å². The Labute approximate surface area is 190 Å². The number of amides is 2. The second kappa shape index (κ2) is 10.1. The summed E-state index contributed by atoms with van der Waals surface area (Å²) in [5, 5.41) is 2.81. The largest absolute Gasteiger partial charge is 0.487 e. The summed E-state index contributed by atoms with van der Waals surface area (Å²) in [5.41, 5.74) is 7.66. The van der Waals surface area contributed by atoms with Crippen LogP contribution in [0.4, 0.5) is 5.69 Å². The molecule has 164 valence electrons. The van der Waals surface area contributed by atoms with E-state index in [0.29, 0.717) is 11.3 Å². The van der Waals surface area contributed by atoms with Gasteiger partial charge in [-0.15, -0.1) is 0 Å². The molecule has 0 bridgehead atoms. The highest BCUT2D eigenvalue weighted by Crippen LogP contribution is 2.17. The van der Waals surface area contributed by atoms with E-state index in [1.54, 1.807) is 30.3 Å². The Morgan fingerprint density at radius 1 is 1.03 bits per heavy atom. The summed E-state index contributed by atoms with van der Waals surface area (Å²) in [6.07, 6.45) is 5.04. The maximum Gasteiger partial charge on any atom is 0.255 e. The van der Waals surface area contributed by atoms with Gasteiger partial charge < -0.3 is 15.8 Å². The van der Waals surface area contributed by atoms with Gasteiger partial charge in [-0.05, 0) is 67.4 Å². The molecule has 0 spiro atoms. The number of nitrogens with zero attached hydrogens (tertiary/aromatic N) is 2. The van der Waals surface area contributed by atoms with Crippen LogP contribution in [0.25, 0.3) is 0 Å². The number of pyridine rings is 1. The zero-order chi connectivity index (χ0) is 24.1. The third-order valence-corrected chi connectivity index (χ3v) is 5.23. The van der Waals surface area contributed by atoms with Crippen molar-refractivity contribution in [2.45, 2.75) is 25.9 Å². The van der Waals surface area contributed by atoms with Crippen LogP contribution in [-0.2, 0) is 13.1 Å². The molecule has 0 radical (unpaired) electrons. The van der Waals surface area contributed by atoms with Crippen molar-refractivity contribution >= 4 is 17.5 Å². The summed E-state index contributed by atoms with van der Waals surface area (Å²) in [6.45, 7) is 0.874. The van der Waals surface area contributed by atoms with Gasteiger partial charge in [-0.25, -0.2) is 0 Å². The Bertz CT molecular complexity index is 1180. The molecule has 0 saturated carbocycles. The van der Waals surface area contributed by atoms with Gasteiger partial charge in [0.05, 0.1) is 14.5 Å². The van der Waals surface area contributed by atoms with E-state index in [0.717, 1.165) is 19.6 Å². The maximum atomic E-state index is 12.7. The Morgan fingerprint density at radius 3 is 2.56 bits per heavy atom. The van der Waals surface area contributed by atoms with E-state index < -0.39 is 12.5 Å². The number of nitrogens with two attached hydrogens (primary N) is 1. The highest BCUT2D eigenvalue weighted by atomic mass is 16.5. The molecular weight excluding hydrogens is 404 g/mol. The van der Waals surface area contributed by atoms with Crippen molar-refractivity contribution in [3.8, 4) is 5.75 Å². The maximum absolute atomic E-state index is 12.7. The molecule has 3 aromatic rings. The number of rotatable bonds is 8. The first-order valence-corrected chi connectivity index (χ1v) is 10.5. The molecule has 2 amide bonds. The topological polar surface area (TPSA) is 97.5 Å². The van der Waals surface area contributed by atoms with Crippen LogP contribution in [0.1, 0.15) is 47.4 Å². The molecule has 1 aliphatic rings. The van der Waals surface area contributed by atoms with Crippen LogP contribution in [0.3, 0.4) is 0 Å². The number of nitrogens with one attached hydrogen (secondary N) is 1. The summed E-state index contributed by atoms with van der Waals surface area (Å²) < 4.78 is 22.1. The lowest BCUT2D eigenvalue weighted by Crippen LogP contribution is -2.18. The molecule has 2 heterocycles. The van der Waals surface area contributed by atoms with E-state index in [2.05, 4.69) is 15.2 Å². The summed E-state index contributed by atoms with van der Waals surface area (Å²) in [5.74, 6) is -0.915. The molecule has 4 rings (SSSR count). The molecule has 1 aromatic heterocycles. The molecule has 7 nitrogen and oxygen atoms in total. The molecule has 1 aliphatic heterocycles. The second-order valence-corrected chi connectivity index (χ2v) is 7.69. The van der Waals surface area contributed by atoms with E-state index in [-0.39, 0.29) is 22.8 Å². The van der Waals surface area contributed by atoms with Gasteiger partial charge in [0, 0.05) is 24.0 Å². The monoisotopic (exact) mass is 432 g/mol. The molecular formula is C25H26N4O3. The van der Waals surface area contributed by atoms with E-state index >= 15 is 0 Å². The van der Waals surface area contributed by atoms with Gasteiger partial charge >= 0.3 is 0 Å². The fourth-order valence-corrected chi connectivity index (χ4v) is 3.55. The average Bonchev–Trinajstić information content (AvgIpc) is 3.33. The molecule has 3 N–H and O–H groups in total. The number of aromatic nitrogens is 1. The van der Waals surface area contributed by atoms with Crippen LogP contribution < -0.4 is 15.8 Å². The van der Waals surface area contributed by atoms with Gasteiger partial charge in [-0.1, -0.05) is 24.3 Å². The van der Waals surface area contributed by atoms with E-state index in [4.69, 9.17) is 13.2 Å². The standard InChI is InChI=1S/C25H26N4O3/c26-24(30)21-13-23(15-27-14-21)32-17-19-4-3-5-22(12-19)28-25(31)20-8-6-18(7-9-20)16-29-10-1-2-11-29/h3-9,12-15H,1-2,10-11,16-17H2,(H2,26,30)(H,28,31)/i17D2. The minimum atomic E-state index is -2.24. The van der Waals surface area contributed by atoms with Crippen molar-refractivity contribution in [3.63, 3.8) is 0 Å². The Hall–Kier alpha value is -3.71. The van der Waals surface area contributed by atoms with Gasteiger partial charge in [0.25, 0.3) is 5.91 Å². The van der Waals surface area contributed by atoms with Crippen LogP contribution in [0.15, 0.2) is 67.0 Å². The molecule has 32 heavy (non-hydrogen) atoms. The molecule has 2 aromatic carbocycles. The number of carbonyl (C=O) groups is 2. The number of anilines is 1. The van der Waals surface area contributed by atoms with Crippen molar-refractivity contribution < 1.29 is 17.1 Å². The SMILES string of the molecule is [2H]C([2H])(Oc1cncc(C(N)=O)c1)c1cccc(NC(=O)c2ccc(CN3CCCC3)cc2)c1. The zero-order valence-corrected chi connectivity index (χ0v) is 17.6. The number of hydrogen-bond donors (Lipinski definition) is 2. The van der Waals surface area contributed by atoms with Crippen LogP contribution in [0, 0.1) is 0 Å². The van der Waals surface area contributed by atoms with Crippen molar-refractivity contribution in [2.75, 3.05) is 18.4 Å². The number of benzene rings is 2. The van der Waals surface area contributed by atoms with Crippen molar-refractivity contribution in [1.82, 2.24) is 9.88 Å². The van der Waals surface area contributed by atoms with Crippen LogP contribution >= 0.6 is 0 Å². The fourth-order valence-electron chi connectivity index (χ4n) is 3.55. The first kappa shape index (κ1) is 19.0. The smallest absolute Gasteiger partial charge is 0.255 e. The number of ether oxygens (including phenoxy) is 1. The lowest BCUT2D eigenvalue weighted by Gasteiger charge is -2.14. The molecule has 7 heteroatoms. The third kappa shape index (κ3) is 5.70. The lowest BCUT2D eigenvalue weighted by molar-refractivity contribution is 0.0997. The van der Waals surface area contributed by atoms with Crippen molar-refractivity contribution in [3.05, 3.63) is 89.2 Å². The quantitative estimate of drug-likeness (QED) is 0.567. The minimum Gasteiger partial charge on any atom is -0.487 e. The first-order valence-electron chi connectivity index (χ1n) is 11.5. The average molecular weight is 433 g/mol. The normalized spacial score (nSPS) is 15.0. The molecule has 1 saturated heterocycles. The van der Waals surface area contributed by atoms with Crippen LogP contribution in [0.5, 0.6) is 5.75 Å². The van der Waals surface area contributed by atoms with Crippen LogP contribution in [-0.4, -0.2) is 34.8 Å². The number of carbonyl (C=O) groups excluding carboxylic acids is 2. The summed E-state index contributed by atoms with van der Waals surface area (Å²) in [6, 6.07) is 15.2. The predicted molar refractivity (Wildman–Crippen MR) is 122 cm³/mol. The van der Waals surface area contributed by atoms with Crippen molar-refractivity contribution in [2.24, 2.45) is 5.73 Å². The third-order valence-electron chi connectivity index (χ3n) is 5.23. The molecule has 0 aliphatic carbocycles. The summed E-state index contributed by atoms with van der Waals surface area (Å²) in [7, 11) is 0. The molecule has 0 atom stereocenters. The van der Waals surface area contributed by atoms with E-state index in [9.17, 15) is 9.59 Å². The summed E-state index contributed by atoms with van der Waals surface area (Å²) >= 11 is 0. The highest BCUT2D eigenvalue weighted by Gasteiger charge is 2.12. The predicted octanol–water partition coefficient (Wildman–Crippen LogP) is 3.61. The number of hydrogen-bond acceptors (Lipinski definition) is 5. The van der Waals surface area contributed by atoms with Gasteiger partial charge in [0.2, 0.25) is 5.91 Å². The Kier molecular flexibility index (Phi) is 5.98. The molecule has 0 unspecified atom stereocenters. The zero-order valence-electron chi connectivity index (χ0n) is 19.6. The highest BCUT2D eigenvalue weighted by molar-refractivity contribution is 6.04. The van der Waals surface area contributed by atoms with Gasteiger partial charge in [-0.2, -0.15) is 0 Å². The first-order chi connectivity index (χ1) is 16.3. The van der Waals surface area contributed by atoms with Crippen LogP contribution in [0.2, 0.25) is 0 Å².